The predicted molar refractivity (Wildman–Crippen MR) is 78.1 cm³/mol. The van der Waals surface area contributed by atoms with E-state index in [1.807, 2.05) is 11.8 Å². The third kappa shape index (κ3) is 2.83. The first-order valence-electron chi connectivity index (χ1n) is 6.11. The van der Waals surface area contributed by atoms with Crippen molar-refractivity contribution >= 4 is 22.6 Å². The third-order valence-electron chi connectivity index (χ3n) is 3.16. The Kier molecular flexibility index (Phi) is 3.77. The second-order valence-corrected chi connectivity index (χ2v) is 5.96. The summed E-state index contributed by atoms with van der Waals surface area (Å²) in [5, 5.41) is 4.55. The molecule has 92 valence electrons. The van der Waals surface area contributed by atoms with Gasteiger partial charge in [0.05, 0.1) is 6.04 Å². The lowest BCUT2D eigenvalue weighted by Crippen LogP contribution is -2.12. The van der Waals surface area contributed by atoms with E-state index in [0.29, 0.717) is 12.0 Å². The van der Waals surface area contributed by atoms with Crippen LogP contribution < -0.4 is 5.32 Å². The summed E-state index contributed by atoms with van der Waals surface area (Å²) in [6, 6.07) is 6.83. The highest BCUT2D eigenvalue weighted by Gasteiger charge is 2.21. The Labute approximate surface area is 108 Å². The van der Waals surface area contributed by atoms with Crippen molar-refractivity contribution in [2.75, 3.05) is 11.1 Å². The normalized spacial score (nSPS) is 19.6. The van der Waals surface area contributed by atoms with Crippen molar-refractivity contribution in [2.45, 2.75) is 33.7 Å². The van der Waals surface area contributed by atoms with Crippen LogP contribution in [-0.2, 0) is 0 Å². The summed E-state index contributed by atoms with van der Waals surface area (Å²) in [5.41, 5.74) is 3.77. The molecule has 1 atom stereocenters. The number of anilines is 1. The van der Waals surface area contributed by atoms with Gasteiger partial charge in [0.15, 0.2) is 5.17 Å². The van der Waals surface area contributed by atoms with Crippen LogP contribution in [0.2, 0.25) is 0 Å². The Bertz CT molecular complexity index is 418. The Hall–Kier alpha value is -0.960. The Morgan fingerprint density at radius 2 is 1.94 bits per heavy atom. The van der Waals surface area contributed by atoms with Gasteiger partial charge in [-0.15, -0.1) is 0 Å². The van der Waals surface area contributed by atoms with Crippen molar-refractivity contribution in [3.63, 3.8) is 0 Å². The molecule has 0 saturated carbocycles. The van der Waals surface area contributed by atoms with Crippen molar-refractivity contribution in [1.29, 1.82) is 0 Å². The zero-order chi connectivity index (χ0) is 12.4. The molecule has 0 radical (unpaired) electrons. The maximum absolute atomic E-state index is 4.73. The number of nitrogens with one attached hydrogen (secondary N) is 1. The Morgan fingerprint density at radius 1 is 1.29 bits per heavy atom. The number of hydrogen-bond acceptors (Lipinski definition) is 3. The van der Waals surface area contributed by atoms with Crippen molar-refractivity contribution in [3.05, 3.63) is 29.3 Å². The molecule has 1 aliphatic heterocycles. The molecule has 0 aliphatic carbocycles. The largest absolute Gasteiger partial charge is 0.335 e. The summed E-state index contributed by atoms with van der Waals surface area (Å²) >= 11 is 1.83. The molecule has 1 aliphatic rings. The summed E-state index contributed by atoms with van der Waals surface area (Å²) in [4.78, 5) is 4.73. The molecule has 0 fully saturated rings. The van der Waals surface area contributed by atoms with Crippen molar-refractivity contribution < 1.29 is 0 Å². The van der Waals surface area contributed by atoms with Gasteiger partial charge in [-0.3, -0.25) is 4.99 Å². The number of thioether (sulfide) groups is 1. The Morgan fingerprint density at radius 3 is 2.47 bits per heavy atom. The molecule has 0 amide bonds. The molecule has 1 aromatic carbocycles. The van der Waals surface area contributed by atoms with Crippen LogP contribution in [0.15, 0.2) is 23.2 Å². The van der Waals surface area contributed by atoms with E-state index in [1.54, 1.807) is 0 Å². The first-order valence-corrected chi connectivity index (χ1v) is 7.10. The number of hydrogen-bond donors (Lipinski definition) is 1. The topological polar surface area (TPSA) is 24.4 Å². The SMILES string of the molecule is Cc1cccc(C)c1NC1=N[C@@H](C(C)C)CS1. The number of nitrogens with zero attached hydrogens (tertiary/aromatic N) is 1. The van der Waals surface area contributed by atoms with Crippen LogP contribution in [0.1, 0.15) is 25.0 Å². The first kappa shape index (κ1) is 12.5. The molecule has 2 nitrogen and oxygen atoms in total. The number of benzene rings is 1. The highest BCUT2D eigenvalue weighted by molar-refractivity contribution is 8.14. The zero-order valence-electron chi connectivity index (χ0n) is 10.9. The monoisotopic (exact) mass is 248 g/mol. The number of rotatable bonds is 2. The second-order valence-electron chi connectivity index (χ2n) is 4.95. The quantitative estimate of drug-likeness (QED) is 0.860. The van der Waals surface area contributed by atoms with E-state index < -0.39 is 0 Å². The highest BCUT2D eigenvalue weighted by atomic mass is 32.2. The van der Waals surface area contributed by atoms with Crippen molar-refractivity contribution in [3.8, 4) is 0 Å². The van der Waals surface area contributed by atoms with E-state index >= 15 is 0 Å². The molecule has 17 heavy (non-hydrogen) atoms. The Balaban J connectivity index is 2.15. The van der Waals surface area contributed by atoms with Crippen LogP contribution in [0.3, 0.4) is 0 Å². The molecule has 3 heteroatoms. The number of amidine groups is 1. The predicted octanol–water partition coefficient (Wildman–Crippen LogP) is 3.84. The number of aryl methyl sites for hydroxylation is 2. The van der Waals surface area contributed by atoms with Gasteiger partial charge in [-0.1, -0.05) is 43.8 Å². The summed E-state index contributed by atoms with van der Waals surface area (Å²) < 4.78 is 0. The van der Waals surface area contributed by atoms with Gasteiger partial charge in [-0.2, -0.15) is 0 Å². The standard InChI is InChI=1S/C14H20N2S/c1-9(2)12-8-17-14(15-12)16-13-10(3)6-5-7-11(13)4/h5-7,9,12H,8H2,1-4H3,(H,15,16)/t12-/m1/s1. The summed E-state index contributed by atoms with van der Waals surface area (Å²) in [7, 11) is 0. The van der Waals surface area contributed by atoms with Gasteiger partial charge in [-0.05, 0) is 30.9 Å². The van der Waals surface area contributed by atoms with E-state index in [2.05, 4.69) is 51.2 Å². The van der Waals surface area contributed by atoms with E-state index in [1.165, 1.54) is 16.8 Å². The molecule has 1 aromatic rings. The minimum absolute atomic E-state index is 0.465. The molecular formula is C14H20N2S. The van der Waals surface area contributed by atoms with E-state index in [-0.39, 0.29) is 0 Å². The van der Waals surface area contributed by atoms with Gasteiger partial charge in [0.2, 0.25) is 0 Å². The summed E-state index contributed by atoms with van der Waals surface area (Å²) in [6.07, 6.45) is 0. The first-order chi connectivity index (χ1) is 8.08. The van der Waals surface area contributed by atoms with E-state index in [4.69, 9.17) is 4.99 Å². The molecule has 0 bridgehead atoms. The fourth-order valence-corrected chi connectivity index (χ4v) is 3.09. The van der Waals surface area contributed by atoms with Crippen LogP contribution in [0.4, 0.5) is 5.69 Å². The van der Waals surface area contributed by atoms with Crippen LogP contribution in [0, 0.1) is 19.8 Å². The number of aliphatic imine (C=N–C) groups is 1. The molecule has 2 rings (SSSR count). The minimum Gasteiger partial charge on any atom is -0.335 e. The fraction of sp³-hybridized carbons (Fsp3) is 0.500. The maximum Gasteiger partial charge on any atom is 0.161 e. The van der Waals surface area contributed by atoms with Gasteiger partial charge >= 0.3 is 0 Å². The van der Waals surface area contributed by atoms with Crippen LogP contribution >= 0.6 is 11.8 Å². The molecular weight excluding hydrogens is 228 g/mol. The lowest BCUT2D eigenvalue weighted by molar-refractivity contribution is 0.543. The third-order valence-corrected chi connectivity index (χ3v) is 4.15. The second kappa shape index (κ2) is 5.13. The van der Waals surface area contributed by atoms with Crippen LogP contribution in [0.25, 0.3) is 0 Å². The number of para-hydroxylation sites is 1. The molecule has 0 unspecified atom stereocenters. The average molecular weight is 248 g/mol. The van der Waals surface area contributed by atoms with Crippen LogP contribution in [0.5, 0.6) is 0 Å². The smallest absolute Gasteiger partial charge is 0.161 e. The highest BCUT2D eigenvalue weighted by Crippen LogP contribution is 2.27. The van der Waals surface area contributed by atoms with Gasteiger partial charge in [0.1, 0.15) is 0 Å². The maximum atomic E-state index is 4.73. The average Bonchev–Trinajstić information content (AvgIpc) is 2.72. The van der Waals surface area contributed by atoms with Gasteiger partial charge < -0.3 is 5.32 Å². The molecule has 0 aromatic heterocycles. The minimum atomic E-state index is 0.465. The van der Waals surface area contributed by atoms with Crippen LogP contribution in [-0.4, -0.2) is 17.0 Å². The fourth-order valence-electron chi connectivity index (χ4n) is 1.92. The van der Waals surface area contributed by atoms with Gasteiger partial charge in [-0.25, -0.2) is 0 Å². The lowest BCUT2D eigenvalue weighted by atomic mass is 10.1. The molecule has 0 saturated heterocycles. The summed E-state index contributed by atoms with van der Waals surface area (Å²) in [6.45, 7) is 8.73. The molecule has 1 N–H and O–H groups in total. The molecule has 0 spiro atoms. The van der Waals surface area contributed by atoms with E-state index in [9.17, 15) is 0 Å². The van der Waals surface area contributed by atoms with Crippen molar-refractivity contribution in [2.24, 2.45) is 10.9 Å². The van der Waals surface area contributed by atoms with E-state index in [0.717, 1.165) is 10.9 Å². The van der Waals surface area contributed by atoms with Gasteiger partial charge in [0, 0.05) is 11.4 Å². The lowest BCUT2D eigenvalue weighted by Gasteiger charge is -2.11. The van der Waals surface area contributed by atoms with Crippen molar-refractivity contribution in [1.82, 2.24) is 0 Å². The summed E-state index contributed by atoms with van der Waals surface area (Å²) in [5.74, 6) is 1.73. The van der Waals surface area contributed by atoms with Gasteiger partial charge in [0.25, 0.3) is 0 Å². The molecule has 1 heterocycles. The zero-order valence-corrected chi connectivity index (χ0v) is 11.8.